The lowest BCUT2D eigenvalue weighted by Gasteiger charge is -2.26. The second kappa shape index (κ2) is 7.25. The van der Waals surface area contributed by atoms with Crippen molar-refractivity contribution in [3.63, 3.8) is 0 Å². The fourth-order valence-corrected chi connectivity index (χ4v) is 3.42. The van der Waals surface area contributed by atoms with E-state index in [1.165, 1.54) is 6.42 Å². The standard InChI is InChI=1S/C19H24N4O2/c24-17(15-10-7-11-15)20-16(14-8-3-1-4-9-14)18-21-22-19(25-18)23-12-5-2-6-13-23/h1,3-4,8-9,15-16H,2,5-7,10-13H2,(H,20,24)/t16-/m1/s1. The summed E-state index contributed by atoms with van der Waals surface area (Å²) in [5, 5.41) is 11.6. The number of anilines is 1. The maximum absolute atomic E-state index is 12.5. The van der Waals surface area contributed by atoms with E-state index in [1.54, 1.807) is 0 Å². The summed E-state index contributed by atoms with van der Waals surface area (Å²) in [6.07, 6.45) is 6.62. The Bertz CT molecular complexity index is 705. The summed E-state index contributed by atoms with van der Waals surface area (Å²) < 4.78 is 5.96. The van der Waals surface area contributed by atoms with Gasteiger partial charge < -0.3 is 14.6 Å². The van der Waals surface area contributed by atoms with Gasteiger partial charge >= 0.3 is 6.01 Å². The third kappa shape index (κ3) is 3.52. The monoisotopic (exact) mass is 340 g/mol. The van der Waals surface area contributed by atoms with Crippen LogP contribution in [0.1, 0.15) is 56.0 Å². The molecule has 1 saturated heterocycles. The quantitative estimate of drug-likeness (QED) is 0.906. The second-order valence-electron chi connectivity index (χ2n) is 6.95. The van der Waals surface area contributed by atoms with E-state index in [4.69, 9.17) is 4.42 Å². The Balaban J connectivity index is 1.56. The third-order valence-corrected chi connectivity index (χ3v) is 5.20. The van der Waals surface area contributed by atoms with Crippen molar-refractivity contribution >= 4 is 11.9 Å². The maximum atomic E-state index is 12.5. The molecule has 0 unspecified atom stereocenters. The first kappa shape index (κ1) is 16.1. The van der Waals surface area contributed by atoms with Crippen LogP contribution < -0.4 is 10.2 Å². The average molecular weight is 340 g/mol. The normalized spacial score (nSPS) is 19.3. The second-order valence-corrected chi connectivity index (χ2v) is 6.95. The Morgan fingerprint density at radius 1 is 1.08 bits per heavy atom. The van der Waals surface area contributed by atoms with E-state index in [9.17, 15) is 4.79 Å². The van der Waals surface area contributed by atoms with Crippen molar-refractivity contribution in [2.45, 2.75) is 44.6 Å². The Labute approximate surface area is 147 Å². The van der Waals surface area contributed by atoms with Crippen LogP contribution in [0, 0.1) is 5.92 Å². The first-order chi connectivity index (χ1) is 12.3. The van der Waals surface area contributed by atoms with Crippen LogP contribution in [0.25, 0.3) is 0 Å². The van der Waals surface area contributed by atoms with Crippen molar-refractivity contribution in [2.75, 3.05) is 18.0 Å². The van der Waals surface area contributed by atoms with Gasteiger partial charge in [-0.3, -0.25) is 4.79 Å². The predicted molar refractivity (Wildman–Crippen MR) is 94.1 cm³/mol. The van der Waals surface area contributed by atoms with Crippen molar-refractivity contribution in [2.24, 2.45) is 5.92 Å². The lowest BCUT2D eigenvalue weighted by atomic mass is 9.84. The molecule has 1 atom stereocenters. The van der Waals surface area contributed by atoms with Gasteiger partial charge in [-0.15, -0.1) is 5.10 Å². The van der Waals surface area contributed by atoms with Crippen molar-refractivity contribution < 1.29 is 9.21 Å². The van der Waals surface area contributed by atoms with Crippen LogP contribution in [0.3, 0.4) is 0 Å². The average Bonchev–Trinajstić information content (AvgIpc) is 3.09. The van der Waals surface area contributed by atoms with Crippen LogP contribution in [0.2, 0.25) is 0 Å². The number of hydrogen-bond donors (Lipinski definition) is 1. The molecule has 0 bridgehead atoms. The first-order valence-electron chi connectivity index (χ1n) is 9.25. The molecular formula is C19H24N4O2. The van der Waals surface area contributed by atoms with Gasteiger partial charge in [0.25, 0.3) is 0 Å². The molecule has 1 aliphatic heterocycles. The summed E-state index contributed by atoms with van der Waals surface area (Å²) in [5.74, 6) is 0.660. The summed E-state index contributed by atoms with van der Waals surface area (Å²) >= 11 is 0. The first-order valence-corrected chi connectivity index (χ1v) is 9.25. The minimum atomic E-state index is -0.389. The number of aromatic nitrogens is 2. The summed E-state index contributed by atoms with van der Waals surface area (Å²) in [4.78, 5) is 14.6. The molecule has 1 saturated carbocycles. The smallest absolute Gasteiger partial charge is 0.318 e. The zero-order chi connectivity index (χ0) is 17.1. The number of carbonyl (C=O) groups is 1. The van der Waals surface area contributed by atoms with Gasteiger partial charge in [0.15, 0.2) is 0 Å². The lowest BCUT2D eigenvalue weighted by molar-refractivity contribution is -0.128. The molecule has 0 spiro atoms. The summed E-state index contributed by atoms with van der Waals surface area (Å²) in [6, 6.07) is 10.0. The van der Waals surface area contributed by atoms with Crippen LogP contribution in [-0.4, -0.2) is 29.2 Å². The van der Waals surface area contributed by atoms with Gasteiger partial charge in [-0.1, -0.05) is 41.9 Å². The molecule has 6 nitrogen and oxygen atoms in total. The largest absolute Gasteiger partial charge is 0.405 e. The highest BCUT2D eigenvalue weighted by Gasteiger charge is 2.30. The third-order valence-electron chi connectivity index (χ3n) is 5.20. The molecule has 2 aliphatic rings. The fraction of sp³-hybridized carbons (Fsp3) is 0.526. The SMILES string of the molecule is O=C(N[C@H](c1ccccc1)c1nnc(N2CCCCC2)o1)C1CCC1. The van der Waals surface area contributed by atoms with Gasteiger partial charge in [-0.05, 0) is 37.7 Å². The molecular weight excluding hydrogens is 316 g/mol. The van der Waals surface area contributed by atoms with E-state index in [-0.39, 0.29) is 17.9 Å². The van der Waals surface area contributed by atoms with Gasteiger partial charge in [-0.25, -0.2) is 0 Å². The van der Waals surface area contributed by atoms with E-state index in [1.807, 2.05) is 30.3 Å². The Hall–Kier alpha value is -2.37. The Kier molecular flexibility index (Phi) is 4.68. The fourth-order valence-electron chi connectivity index (χ4n) is 3.42. The number of nitrogens with zero attached hydrogens (tertiary/aromatic N) is 3. The van der Waals surface area contributed by atoms with E-state index in [2.05, 4.69) is 20.4 Å². The number of nitrogens with one attached hydrogen (secondary N) is 1. The lowest BCUT2D eigenvalue weighted by Crippen LogP contribution is -2.37. The molecule has 6 heteroatoms. The van der Waals surface area contributed by atoms with Crippen molar-refractivity contribution in [1.29, 1.82) is 0 Å². The summed E-state index contributed by atoms with van der Waals surface area (Å²) in [6.45, 7) is 1.90. The molecule has 1 aromatic carbocycles. The van der Waals surface area contributed by atoms with Crippen LogP contribution in [0.15, 0.2) is 34.7 Å². The van der Waals surface area contributed by atoms with Crippen LogP contribution in [0.4, 0.5) is 6.01 Å². The molecule has 2 heterocycles. The summed E-state index contributed by atoms with van der Waals surface area (Å²) in [5.41, 5.74) is 0.962. The van der Waals surface area contributed by atoms with Crippen molar-refractivity contribution in [1.82, 2.24) is 15.5 Å². The highest BCUT2D eigenvalue weighted by molar-refractivity contribution is 5.80. The summed E-state index contributed by atoms with van der Waals surface area (Å²) in [7, 11) is 0. The number of hydrogen-bond acceptors (Lipinski definition) is 5. The van der Waals surface area contributed by atoms with Gasteiger partial charge in [0.1, 0.15) is 6.04 Å². The highest BCUT2D eigenvalue weighted by Crippen LogP contribution is 2.29. The number of amides is 1. The Morgan fingerprint density at radius 3 is 2.52 bits per heavy atom. The van der Waals surface area contributed by atoms with E-state index < -0.39 is 0 Å². The molecule has 2 aromatic rings. The highest BCUT2D eigenvalue weighted by atomic mass is 16.4. The molecule has 132 valence electrons. The minimum absolute atomic E-state index is 0.0813. The van der Waals surface area contributed by atoms with Crippen molar-refractivity contribution in [3.05, 3.63) is 41.8 Å². The van der Waals surface area contributed by atoms with Gasteiger partial charge in [0.2, 0.25) is 11.8 Å². The number of piperidine rings is 1. The molecule has 0 radical (unpaired) electrons. The molecule has 1 amide bonds. The van der Waals surface area contributed by atoms with Gasteiger partial charge in [0.05, 0.1) is 0 Å². The van der Waals surface area contributed by atoms with Crippen molar-refractivity contribution in [3.8, 4) is 0 Å². The molecule has 4 rings (SSSR count). The van der Waals surface area contributed by atoms with E-state index in [0.29, 0.717) is 11.9 Å². The minimum Gasteiger partial charge on any atom is -0.405 e. The maximum Gasteiger partial charge on any atom is 0.318 e. The Morgan fingerprint density at radius 2 is 1.84 bits per heavy atom. The molecule has 1 N–H and O–H groups in total. The molecule has 25 heavy (non-hydrogen) atoms. The molecule has 1 aliphatic carbocycles. The van der Waals surface area contributed by atoms with Crippen LogP contribution in [0.5, 0.6) is 0 Å². The number of carbonyl (C=O) groups excluding carboxylic acids is 1. The zero-order valence-corrected chi connectivity index (χ0v) is 14.4. The molecule has 2 fully saturated rings. The van der Waals surface area contributed by atoms with Gasteiger partial charge in [0, 0.05) is 19.0 Å². The number of rotatable bonds is 5. The van der Waals surface area contributed by atoms with Gasteiger partial charge in [-0.2, -0.15) is 0 Å². The topological polar surface area (TPSA) is 71.3 Å². The van der Waals surface area contributed by atoms with Crippen LogP contribution >= 0.6 is 0 Å². The van der Waals surface area contributed by atoms with E-state index >= 15 is 0 Å². The predicted octanol–water partition coefficient (Wildman–Crippen LogP) is 3.07. The number of benzene rings is 1. The molecule has 1 aromatic heterocycles. The van der Waals surface area contributed by atoms with Crippen LogP contribution in [-0.2, 0) is 4.79 Å². The van der Waals surface area contributed by atoms with E-state index in [0.717, 1.165) is 50.8 Å². The zero-order valence-electron chi connectivity index (χ0n) is 14.4.